The Morgan fingerprint density at radius 3 is 2.37 bits per heavy atom. The van der Waals surface area contributed by atoms with Gasteiger partial charge in [0.15, 0.2) is 0 Å². The lowest BCUT2D eigenvalue weighted by Gasteiger charge is -2.20. The fraction of sp³-hybridized carbons (Fsp3) is 0.138. The molecule has 0 bridgehead atoms. The molecule has 1 unspecified atom stereocenters. The predicted octanol–water partition coefficient (Wildman–Crippen LogP) is 5.76. The van der Waals surface area contributed by atoms with Crippen LogP contribution in [0.15, 0.2) is 107 Å². The third-order valence-corrected chi connectivity index (χ3v) is 6.00. The summed E-state index contributed by atoms with van der Waals surface area (Å²) < 4.78 is 5.63. The molecule has 1 aliphatic rings. The lowest BCUT2D eigenvalue weighted by molar-refractivity contribution is -0.115. The van der Waals surface area contributed by atoms with Gasteiger partial charge in [0.1, 0.15) is 11.8 Å². The first-order chi connectivity index (χ1) is 17.1. The van der Waals surface area contributed by atoms with Gasteiger partial charge in [-0.1, -0.05) is 60.2 Å². The monoisotopic (exact) mass is 463 g/mol. The topological polar surface area (TPSA) is 74.9 Å². The van der Waals surface area contributed by atoms with Gasteiger partial charge in [-0.15, -0.1) is 0 Å². The molecule has 1 N–H and O–H groups in total. The molecule has 6 heteroatoms. The van der Waals surface area contributed by atoms with E-state index in [-0.39, 0.29) is 17.9 Å². The van der Waals surface area contributed by atoms with E-state index in [4.69, 9.17) is 9.52 Å². The number of furan rings is 1. The molecular weight excluding hydrogens is 438 g/mol. The maximum absolute atomic E-state index is 13.3. The molecule has 1 aliphatic heterocycles. The second kappa shape index (κ2) is 9.81. The number of benzene rings is 3. The molecule has 5 rings (SSSR count). The van der Waals surface area contributed by atoms with Crippen molar-refractivity contribution < 1.29 is 14.0 Å². The van der Waals surface area contributed by atoms with Crippen molar-refractivity contribution in [1.82, 2.24) is 5.01 Å². The van der Waals surface area contributed by atoms with Gasteiger partial charge >= 0.3 is 0 Å². The third-order valence-electron chi connectivity index (χ3n) is 6.00. The average molecular weight is 464 g/mol. The summed E-state index contributed by atoms with van der Waals surface area (Å²) in [6.07, 6.45) is 2.45. The number of rotatable bonds is 6. The number of carbonyl (C=O) groups excluding carboxylic acids is 2. The zero-order valence-electron chi connectivity index (χ0n) is 19.3. The molecule has 2 amide bonds. The van der Waals surface area contributed by atoms with Crippen molar-refractivity contribution in [3.8, 4) is 0 Å². The molecule has 0 saturated carbocycles. The molecule has 1 atom stereocenters. The summed E-state index contributed by atoms with van der Waals surface area (Å²) in [4.78, 5) is 25.7. The Kier molecular flexibility index (Phi) is 6.26. The normalized spacial score (nSPS) is 15.1. The van der Waals surface area contributed by atoms with E-state index in [1.807, 2.05) is 97.9 Å². The van der Waals surface area contributed by atoms with Crippen molar-refractivity contribution in [2.75, 3.05) is 5.32 Å². The van der Waals surface area contributed by atoms with E-state index in [1.54, 1.807) is 6.26 Å². The van der Waals surface area contributed by atoms with Crippen LogP contribution < -0.4 is 5.32 Å². The molecule has 174 valence electrons. The Morgan fingerprint density at radius 2 is 1.69 bits per heavy atom. The van der Waals surface area contributed by atoms with E-state index in [2.05, 4.69) is 5.32 Å². The number of nitrogens with zero attached hydrogens (tertiary/aromatic N) is 2. The largest absolute Gasteiger partial charge is 0.467 e. The summed E-state index contributed by atoms with van der Waals surface area (Å²) in [5, 5.41) is 9.14. The maximum Gasteiger partial charge on any atom is 0.274 e. The highest BCUT2D eigenvalue weighted by atomic mass is 16.3. The van der Waals surface area contributed by atoms with Gasteiger partial charge in [0, 0.05) is 17.7 Å². The van der Waals surface area contributed by atoms with Crippen molar-refractivity contribution in [2.24, 2.45) is 5.10 Å². The third kappa shape index (κ3) is 5.06. The van der Waals surface area contributed by atoms with Gasteiger partial charge in [-0.2, -0.15) is 5.10 Å². The predicted molar refractivity (Wildman–Crippen MR) is 135 cm³/mol. The quantitative estimate of drug-likeness (QED) is 0.395. The highest BCUT2D eigenvalue weighted by molar-refractivity contribution is 6.05. The van der Waals surface area contributed by atoms with Crippen LogP contribution in [0.3, 0.4) is 0 Å². The zero-order valence-corrected chi connectivity index (χ0v) is 19.3. The molecule has 2 heterocycles. The Morgan fingerprint density at radius 1 is 0.943 bits per heavy atom. The molecule has 4 aromatic rings. The summed E-state index contributed by atoms with van der Waals surface area (Å²) in [5.74, 6) is 0.440. The van der Waals surface area contributed by atoms with Gasteiger partial charge in [-0.25, -0.2) is 5.01 Å². The van der Waals surface area contributed by atoms with Crippen LogP contribution >= 0.6 is 0 Å². The molecule has 0 radical (unpaired) electrons. The summed E-state index contributed by atoms with van der Waals surface area (Å²) in [5.41, 5.74) is 5.02. The fourth-order valence-electron chi connectivity index (χ4n) is 4.14. The number of hydrogen-bond donors (Lipinski definition) is 1. The minimum absolute atomic E-state index is 0.0742. The molecular formula is C29H25N3O3. The molecule has 1 aromatic heterocycles. The standard InChI is InChI=1S/C29H25N3O3/c1-20-9-11-23(12-10-20)29(34)32-26(27-8-5-17-35-27)19-25(31-32)22-13-15-24(16-14-22)30-28(33)18-21-6-3-2-4-7-21/h2-17,26H,18-19H2,1H3,(H,30,33). The minimum atomic E-state index is -0.320. The van der Waals surface area contributed by atoms with E-state index in [0.717, 1.165) is 22.4 Å². The number of hydrazone groups is 1. The Labute approximate surface area is 203 Å². The van der Waals surface area contributed by atoms with Crippen LogP contribution in [-0.4, -0.2) is 22.5 Å². The minimum Gasteiger partial charge on any atom is -0.467 e. The van der Waals surface area contributed by atoms with Crippen LogP contribution in [0.1, 0.15) is 45.3 Å². The van der Waals surface area contributed by atoms with E-state index in [9.17, 15) is 9.59 Å². The van der Waals surface area contributed by atoms with Crippen molar-refractivity contribution in [1.29, 1.82) is 0 Å². The molecule has 0 fully saturated rings. The van der Waals surface area contributed by atoms with Gasteiger partial charge in [-0.3, -0.25) is 9.59 Å². The number of aryl methyl sites for hydroxylation is 1. The lowest BCUT2D eigenvalue weighted by Crippen LogP contribution is -2.26. The van der Waals surface area contributed by atoms with Crippen LogP contribution in [0.4, 0.5) is 5.69 Å². The van der Waals surface area contributed by atoms with Gasteiger partial charge in [0.25, 0.3) is 5.91 Å². The molecule has 0 saturated heterocycles. The fourth-order valence-corrected chi connectivity index (χ4v) is 4.14. The van der Waals surface area contributed by atoms with Gasteiger partial charge < -0.3 is 9.73 Å². The Balaban J connectivity index is 1.33. The first-order valence-corrected chi connectivity index (χ1v) is 11.5. The van der Waals surface area contributed by atoms with Gasteiger partial charge in [-0.05, 0) is 54.4 Å². The number of nitrogens with one attached hydrogen (secondary N) is 1. The first kappa shape index (κ1) is 22.3. The van der Waals surface area contributed by atoms with Crippen LogP contribution in [0.5, 0.6) is 0 Å². The Hall–Kier alpha value is -4.45. The highest BCUT2D eigenvalue weighted by Crippen LogP contribution is 2.34. The van der Waals surface area contributed by atoms with E-state index in [0.29, 0.717) is 29.9 Å². The van der Waals surface area contributed by atoms with Crippen LogP contribution in [0, 0.1) is 6.92 Å². The average Bonchev–Trinajstić information content (AvgIpc) is 3.55. The van der Waals surface area contributed by atoms with E-state index < -0.39 is 0 Å². The second-order valence-corrected chi connectivity index (χ2v) is 8.59. The second-order valence-electron chi connectivity index (χ2n) is 8.59. The molecule has 3 aromatic carbocycles. The lowest BCUT2D eigenvalue weighted by atomic mass is 10.0. The van der Waals surface area contributed by atoms with Crippen molar-refractivity contribution in [3.63, 3.8) is 0 Å². The number of amides is 2. The van der Waals surface area contributed by atoms with Gasteiger partial charge in [0.2, 0.25) is 5.91 Å². The van der Waals surface area contributed by atoms with Crippen LogP contribution in [0.2, 0.25) is 0 Å². The van der Waals surface area contributed by atoms with Crippen LogP contribution in [0.25, 0.3) is 0 Å². The van der Waals surface area contributed by atoms with E-state index >= 15 is 0 Å². The maximum atomic E-state index is 13.3. The summed E-state index contributed by atoms with van der Waals surface area (Å²) in [6.45, 7) is 1.99. The summed E-state index contributed by atoms with van der Waals surface area (Å²) in [6, 6.07) is 28.0. The molecule has 35 heavy (non-hydrogen) atoms. The summed E-state index contributed by atoms with van der Waals surface area (Å²) >= 11 is 0. The van der Waals surface area contributed by atoms with Gasteiger partial charge in [0.05, 0.1) is 18.4 Å². The van der Waals surface area contributed by atoms with Crippen LogP contribution in [-0.2, 0) is 11.2 Å². The summed E-state index contributed by atoms with van der Waals surface area (Å²) in [7, 11) is 0. The van der Waals surface area contributed by atoms with Crippen molar-refractivity contribution in [3.05, 3.63) is 125 Å². The molecule has 0 spiro atoms. The first-order valence-electron chi connectivity index (χ1n) is 11.5. The number of hydrogen-bond acceptors (Lipinski definition) is 4. The molecule has 6 nitrogen and oxygen atoms in total. The zero-order chi connectivity index (χ0) is 24.2. The Bertz CT molecular complexity index is 1340. The van der Waals surface area contributed by atoms with E-state index in [1.165, 1.54) is 5.01 Å². The number of anilines is 1. The number of carbonyl (C=O) groups is 2. The SMILES string of the molecule is Cc1ccc(C(=O)N2N=C(c3ccc(NC(=O)Cc4ccccc4)cc3)CC2c2ccco2)cc1. The smallest absolute Gasteiger partial charge is 0.274 e. The van der Waals surface area contributed by atoms with Crippen molar-refractivity contribution in [2.45, 2.75) is 25.8 Å². The van der Waals surface area contributed by atoms with Crippen molar-refractivity contribution >= 4 is 23.2 Å². The highest BCUT2D eigenvalue weighted by Gasteiger charge is 2.35. The molecule has 0 aliphatic carbocycles.